The summed E-state index contributed by atoms with van der Waals surface area (Å²) in [5.74, 6) is -2.32. The maximum absolute atomic E-state index is 13.4. The number of amides is 1. The van der Waals surface area contributed by atoms with Gasteiger partial charge in [-0.05, 0) is 74.6 Å². The third-order valence-electron chi connectivity index (χ3n) is 5.99. The van der Waals surface area contributed by atoms with Gasteiger partial charge in [0.25, 0.3) is 0 Å². The molecule has 0 spiro atoms. The van der Waals surface area contributed by atoms with Crippen LogP contribution in [0.3, 0.4) is 0 Å². The number of esters is 1. The summed E-state index contributed by atoms with van der Waals surface area (Å²) in [6, 6.07) is 11.1. The number of anilines is 1. The van der Waals surface area contributed by atoms with Crippen LogP contribution in [-0.4, -0.2) is 38.1 Å². The van der Waals surface area contributed by atoms with Gasteiger partial charge in [-0.25, -0.2) is 4.79 Å². The van der Waals surface area contributed by atoms with Crippen molar-refractivity contribution in [2.75, 3.05) is 31.1 Å². The van der Waals surface area contributed by atoms with Crippen molar-refractivity contribution in [3.05, 3.63) is 59.2 Å². The molecule has 35 heavy (non-hydrogen) atoms. The molecular formula is C29H40N2O4. The van der Waals surface area contributed by atoms with Crippen molar-refractivity contribution < 1.29 is 32.8 Å². The lowest BCUT2D eigenvalue weighted by Crippen LogP contribution is -2.34. The van der Waals surface area contributed by atoms with Crippen molar-refractivity contribution in [2.45, 2.75) is 65.7 Å². The molecule has 1 aliphatic rings. The van der Waals surface area contributed by atoms with Crippen LogP contribution in [0.4, 0.5) is 5.69 Å². The number of nitrogens with zero attached hydrogens (tertiary/aromatic N) is 1. The quantitative estimate of drug-likeness (QED) is 0.409. The van der Waals surface area contributed by atoms with Crippen molar-refractivity contribution in [3.8, 4) is 5.75 Å². The molecular weight excluding hydrogens is 440 g/mol. The van der Waals surface area contributed by atoms with Gasteiger partial charge in [-0.3, -0.25) is 4.79 Å². The fourth-order valence-electron chi connectivity index (χ4n) is 4.46. The first-order chi connectivity index (χ1) is 20.7. The van der Waals surface area contributed by atoms with Gasteiger partial charge in [0.2, 0.25) is 5.91 Å². The summed E-state index contributed by atoms with van der Waals surface area (Å²) >= 11 is 0. The molecule has 0 radical (unpaired) electrons. The van der Waals surface area contributed by atoms with Gasteiger partial charge >= 0.3 is 5.97 Å². The van der Waals surface area contributed by atoms with Gasteiger partial charge in [-0.1, -0.05) is 38.1 Å². The third-order valence-corrected chi connectivity index (χ3v) is 5.99. The zero-order chi connectivity index (χ0) is 33.8. The Hall–Kier alpha value is -3.02. The molecule has 0 unspecified atom stereocenters. The van der Waals surface area contributed by atoms with Crippen LogP contribution in [0.1, 0.15) is 94.5 Å². The van der Waals surface area contributed by atoms with E-state index in [1.54, 1.807) is 0 Å². The van der Waals surface area contributed by atoms with Crippen LogP contribution in [0.25, 0.3) is 0 Å². The summed E-state index contributed by atoms with van der Waals surface area (Å²) in [7, 11) is 0. The standard InChI is InChI=1S/C29H40N2O4/c1-5-34-27-19-22(14-15-24(27)29(33)35-6-2)20-28(32)30-25(18-21(3)4)23-12-8-9-13-26(23)31-16-10-7-11-17-31/h8-9,12-15,19,21,25H,5-7,10-11,16-18,20H2,1-4H3,(H,30,32)/t25-/m0/s1/i1D3,2D3,5D2,6D2. The van der Waals surface area contributed by atoms with Crippen LogP contribution in [0.15, 0.2) is 42.5 Å². The Balaban J connectivity index is 1.91. The number of rotatable bonds is 11. The minimum atomic E-state index is -3.40. The minimum absolute atomic E-state index is 0.229. The average molecular weight is 491 g/mol. The summed E-state index contributed by atoms with van der Waals surface area (Å²) in [6.07, 6.45) is 3.75. The van der Waals surface area contributed by atoms with Gasteiger partial charge < -0.3 is 19.7 Å². The number of hydrogen-bond acceptors (Lipinski definition) is 5. The zero-order valence-corrected chi connectivity index (χ0v) is 20.2. The highest BCUT2D eigenvalue weighted by atomic mass is 16.5. The van der Waals surface area contributed by atoms with Gasteiger partial charge in [0, 0.05) is 27.0 Å². The lowest BCUT2D eigenvalue weighted by Gasteiger charge is -2.33. The summed E-state index contributed by atoms with van der Waals surface area (Å²) < 4.78 is 84.9. The van der Waals surface area contributed by atoms with E-state index < -0.39 is 50.0 Å². The molecule has 1 fully saturated rings. The summed E-state index contributed by atoms with van der Waals surface area (Å²) in [6.45, 7) is -7.38. The smallest absolute Gasteiger partial charge is 0.341 e. The highest BCUT2D eigenvalue weighted by Crippen LogP contribution is 2.32. The number of carbonyl (C=O) groups excluding carboxylic acids is 2. The number of ether oxygens (including phenoxy) is 2. The maximum Gasteiger partial charge on any atom is 0.341 e. The molecule has 1 N–H and O–H groups in total. The Bertz CT molecular complexity index is 1340. The molecule has 2 aromatic rings. The van der Waals surface area contributed by atoms with E-state index in [1.807, 2.05) is 18.2 Å². The fraction of sp³-hybridized carbons (Fsp3) is 0.517. The van der Waals surface area contributed by atoms with Crippen molar-refractivity contribution in [2.24, 2.45) is 5.92 Å². The molecule has 190 valence electrons. The van der Waals surface area contributed by atoms with E-state index in [2.05, 4.69) is 34.9 Å². The second kappa shape index (κ2) is 13.2. The van der Waals surface area contributed by atoms with E-state index in [0.29, 0.717) is 6.42 Å². The molecule has 0 aromatic heterocycles. The molecule has 3 rings (SSSR count). The van der Waals surface area contributed by atoms with E-state index in [9.17, 15) is 9.59 Å². The number of nitrogens with one attached hydrogen (secondary N) is 1. The first-order valence-electron chi connectivity index (χ1n) is 16.9. The molecule has 0 aliphatic carbocycles. The summed E-state index contributed by atoms with van der Waals surface area (Å²) in [5.41, 5.74) is 1.66. The van der Waals surface area contributed by atoms with Gasteiger partial charge in [0.05, 0.1) is 31.1 Å². The first-order valence-corrected chi connectivity index (χ1v) is 11.9. The van der Waals surface area contributed by atoms with Crippen LogP contribution in [0, 0.1) is 5.92 Å². The van der Waals surface area contributed by atoms with Crippen molar-refractivity contribution in [1.82, 2.24) is 5.32 Å². The molecule has 1 atom stereocenters. The highest BCUT2D eigenvalue weighted by molar-refractivity contribution is 5.93. The number of hydrogen-bond donors (Lipinski definition) is 1. The van der Waals surface area contributed by atoms with Crippen LogP contribution in [0.2, 0.25) is 0 Å². The van der Waals surface area contributed by atoms with Crippen LogP contribution in [-0.2, 0) is 16.0 Å². The summed E-state index contributed by atoms with van der Waals surface area (Å²) in [4.78, 5) is 28.6. The van der Waals surface area contributed by atoms with Crippen LogP contribution < -0.4 is 15.0 Å². The average Bonchev–Trinajstić information content (AvgIpc) is 2.91. The van der Waals surface area contributed by atoms with E-state index in [-0.39, 0.29) is 23.9 Å². The Kier molecular flexibility index (Phi) is 5.97. The van der Waals surface area contributed by atoms with E-state index in [4.69, 9.17) is 18.4 Å². The third kappa shape index (κ3) is 7.48. The molecule has 1 heterocycles. The lowest BCUT2D eigenvalue weighted by molar-refractivity contribution is -0.121. The fourth-order valence-corrected chi connectivity index (χ4v) is 4.46. The van der Waals surface area contributed by atoms with Crippen LogP contribution in [0.5, 0.6) is 5.75 Å². The lowest BCUT2D eigenvalue weighted by atomic mass is 9.94. The predicted molar refractivity (Wildman–Crippen MR) is 140 cm³/mol. The highest BCUT2D eigenvalue weighted by Gasteiger charge is 2.23. The maximum atomic E-state index is 13.4. The first kappa shape index (κ1) is 15.9. The number of benzene rings is 2. The Labute approximate surface area is 224 Å². The largest absolute Gasteiger partial charge is 0.493 e. The van der Waals surface area contributed by atoms with Crippen LogP contribution >= 0.6 is 0 Å². The SMILES string of the molecule is [2H]C([2H])([2H])C([2H])([2H])OC(=O)c1ccc(CC(=O)N[C@@H](CC(C)C)c2ccccc2N2CCCCC2)cc1OC([2H])([2H])C([2H])([2H])[2H]. The molecule has 1 amide bonds. The normalized spacial score (nSPS) is 20.3. The molecule has 0 bridgehead atoms. The van der Waals surface area contributed by atoms with Gasteiger partial charge in [-0.2, -0.15) is 0 Å². The van der Waals surface area contributed by atoms with E-state index >= 15 is 0 Å². The van der Waals surface area contributed by atoms with E-state index in [1.165, 1.54) is 12.5 Å². The van der Waals surface area contributed by atoms with Gasteiger partial charge in [-0.15, -0.1) is 0 Å². The number of para-hydroxylation sites is 1. The Morgan fingerprint density at radius 2 is 1.86 bits per heavy atom. The Morgan fingerprint density at radius 3 is 2.60 bits per heavy atom. The topological polar surface area (TPSA) is 67.9 Å². The minimum Gasteiger partial charge on any atom is -0.493 e. The van der Waals surface area contributed by atoms with E-state index in [0.717, 1.165) is 49.3 Å². The molecule has 6 heteroatoms. The van der Waals surface area contributed by atoms with Gasteiger partial charge in [0.1, 0.15) is 11.3 Å². The zero-order valence-electron chi connectivity index (χ0n) is 30.2. The predicted octanol–water partition coefficient (Wildman–Crippen LogP) is 5.70. The van der Waals surface area contributed by atoms with Crippen molar-refractivity contribution in [3.63, 3.8) is 0 Å². The number of carbonyl (C=O) groups is 2. The molecule has 6 nitrogen and oxygen atoms in total. The molecule has 1 aliphatic heterocycles. The summed E-state index contributed by atoms with van der Waals surface area (Å²) in [5, 5.41) is 3.10. The monoisotopic (exact) mass is 490 g/mol. The van der Waals surface area contributed by atoms with Crippen molar-refractivity contribution >= 4 is 17.6 Å². The molecule has 0 saturated carbocycles. The number of piperidine rings is 1. The molecule has 1 saturated heterocycles. The second-order valence-electron chi connectivity index (χ2n) is 9.06. The second-order valence-corrected chi connectivity index (χ2v) is 9.06. The molecule has 2 aromatic carbocycles. The Morgan fingerprint density at radius 1 is 1.09 bits per heavy atom. The van der Waals surface area contributed by atoms with Gasteiger partial charge in [0.15, 0.2) is 0 Å². The van der Waals surface area contributed by atoms with Crippen molar-refractivity contribution in [1.29, 1.82) is 0 Å².